The van der Waals surface area contributed by atoms with Crippen molar-refractivity contribution in [1.82, 2.24) is 15.1 Å². The van der Waals surface area contributed by atoms with E-state index in [4.69, 9.17) is 23.2 Å². The van der Waals surface area contributed by atoms with E-state index in [0.717, 1.165) is 18.4 Å². The number of likely N-dealkylation sites (N-methyl/N-ethyl adjacent to an activating group) is 1. The number of nitrogens with zero attached hydrogens (tertiary/aromatic N) is 2. The molecule has 0 bridgehead atoms. The van der Waals surface area contributed by atoms with Crippen LogP contribution < -0.4 is 5.32 Å². The Morgan fingerprint density at radius 3 is 2.17 bits per heavy atom. The lowest BCUT2D eigenvalue weighted by Gasteiger charge is -2.40. The average molecular weight is 603 g/mol. The molecule has 2 N–H and O–H groups in total. The zero-order valence-corrected chi connectivity index (χ0v) is 24.8. The molecule has 1 spiro atoms. The predicted octanol–water partition coefficient (Wildman–Crippen LogP) is 5.21. The van der Waals surface area contributed by atoms with Gasteiger partial charge in [-0.1, -0.05) is 66.4 Å². The number of amides is 3. The highest BCUT2D eigenvalue weighted by Gasteiger charge is 2.39. The quantitative estimate of drug-likeness (QED) is 0.389. The molecule has 1 heterocycles. The number of rotatable bonds is 10. The van der Waals surface area contributed by atoms with Crippen LogP contribution in [0.2, 0.25) is 10.0 Å². The molecule has 220 valence electrons. The van der Waals surface area contributed by atoms with Gasteiger partial charge in [-0.2, -0.15) is 0 Å². The van der Waals surface area contributed by atoms with E-state index in [9.17, 15) is 24.3 Å². The molecule has 0 aromatic heterocycles. The van der Waals surface area contributed by atoms with Crippen LogP contribution in [-0.2, 0) is 20.8 Å². The van der Waals surface area contributed by atoms with Gasteiger partial charge in [-0.3, -0.25) is 14.4 Å². The second-order valence-corrected chi connectivity index (χ2v) is 12.2. The molecule has 41 heavy (non-hydrogen) atoms. The van der Waals surface area contributed by atoms with Gasteiger partial charge in [-0.15, -0.1) is 0 Å². The van der Waals surface area contributed by atoms with E-state index in [2.05, 4.69) is 5.32 Å². The van der Waals surface area contributed by atoms with Crippen LogP contribution in [-0.4, -0.2) is 70.8 Å². The third kappa shape index (κ3) is 8.01. The van der Waals surface area contributed by atoms with Crippen molar-refractivity contribution in [3.05, 3.63) is 69.7 Å². The van der Waals surface area contributed by atoms with E-state index < -0.39 is 29.9 Å². The fraction of sp³-hybridized carbons (Fsp3) is 0.484. The van der Waals surface area contributed by atoms with Crippen molar-refractivity contribution in [2.45, 2.75) is 69.9 Å². The molecule has 1 saturated carbocycles. The Balaban J connectivity index is 1.46. The van der Waals surface area contributed by atoms with E-state index in [1.165, 1.54) is 55.8 Å². The summed E-state index contributed by atoms with van der Waals surface area (Å²) >= 11 is 12.2. The molecule has 8 nitrogen and oxygen atoms in total. The van der Waals surface area contributed by atoms with Crippen LogP contribution in [0.4, 0.5) is 0 Å². The first kappa shape index (κ1) is 30.8. The Labute approximate surface area is 251 Å². The Bertz CT molecular complexity index is 1240. The van der Waals surface area contributed by atoms with Gasteiger partial charge in [0.2, 0.25) is 11.8 Å². The summed E-state index contributed by atoms with van der Waals surface area (Å²) in [5, 5.41) is 13.2. The van der Waals surface area contributed by atoms with Crippen molar-refractivity contribution in [1.29, 1.82) is 0 Å². The van der Waals surface area contributed by atoms with Gasteiger partial charge < -0.3 is 20.2 Å². The summed E-state index contributed by atoms with van der Waals surface area (Å²) in [5.74, 6) is -2.30. The number of carbonyl (C=O) groups excluding carboxylic acids is 3. The number of piperidine rings is 1. The minimum Gasteiger partial charge on any atom is -0.480 e. The Morgan fingerprint density at radius 2 is 1.59 bits per heavy atom. The average Bonchev–Trinajstić information content (AvgIpc) is 3.40. The minimum absolute atomic E-state index is 0.0291. The van der Waals surface area contributed by atoms with Crippen molar-refractivity contribution >= 4 is 46.9 Å². The highest BCUT2D eigenvalue weighted by Crippen LogP contribution is 2.46. The number of carboxylic acids is 1. The number of hydrogen-bond donors (Lipinski definition) is 2. The predicted molar refractivity (Wildman–Crippen MR) is 158 cm³/mol. The molecular formula is C31H37Cl2N3O5. The van der Waals surface area contributed by atoms with E-state index in [1.54, 1.807) is 4.90 Å². The van der Waals surface area contributed by atoms with Gasteiger partial charge in [0.05, 0.1) is 0 Å². The number of aliphatic carboxylic acids is 1. The number of halogens is 2. The molecular weight excluding hydrogens is 565 g/mol. The first-order valence-electron chi connectivity index (χ1n) is 14.1. The summed E-state index contributed by atoms with van der Waals surface area (Å²) in [6.45, 7) is 1.22. The molecule has 1 aliphatic heterocycles. The van der Waals surface area contributed by atoms with Gasteiger partial charge in [0.15, 0.2) is 0 Å². The highest BCUT2D eigenvalue weighted by molar-refractivity contribution is 6.35. The number of carboxylic acid groups (broad SMARTS) is 1. The molecule has 0 unspecified atom stereocenters. The van der Waals surface area contributed by atoms with Gasteiger partial charge in [0.1, 0.15) is 12.1 Å². The van der Waals surface area contributed by atoms with Gasteiger partial charge >= 0.3 is 5.97 Å². The summed E-state index contributed by atoms with van der Waals surface area (Å²) in [5.41, 5.74) is 1.32. The summed E-state index contributed by atoms with van der Waals surface area (Å²) < 4.78 is 0. The second kappa shape index (κ2) is 13.7. The molecule has 2 fully saturated rings. The van der Waals surface area contributed by atoms with Gasteiger partial charge in [0.25, 0.3) is 5.91 Å². The first-order valence-corrected chi connectivity index (χ1v) is 14.9. The van der Waals surface area contributed by atoms with Crippen LogP contribution in [0.25, 0.3) is 0 Å². The maximum Gasteiger partial charge on any atom is 0.326 e. The lowest BCUT2D eigenvalue weighted by atomic mass is 9.77. The minimum atomic E-state index is -1.11. The fourth-order valence-corrected chi connectivity index (χ4v) is 6.60. The molecule has 4 rings (SSSR count). The molecule has 2 atom stereocenters. The van der Waals surface area contributed by atoms with Crippen LogP contribution >= 0.6 is 23.2 Å². The Morgan fingerprint density at radius 1 is 0.976 bits per heavy atom. The van der Waals surface area contributed by atoms with E-state index in [0.29, 0.717) is 28.5 Å². The van der Waals surface area contributed by atoms with Crippen LogP contribution in [0.1, 0.15) is 67.3 Å². The molecule has 3 amide bonds. The second-order valence-electron chi connectivity index (χ2n) is 11.3. The molecule has 1 aliphatic carbocycles. The lowest BCUT2D eigenvalue weighted by molar-refractivity contribution is -0.149. The topological polar surface area (TPSA) is 107 Å². The maximum atomic E-state index is 13.7. The molecule has 10 heteroatoms. The van der Waals surface area contributed by atoms with Crippen LogP contribution in [0, 0.1) is 5.41 Å². The smallest absolute Gasteiger partial charge is 0.326 e. The molecule has 2 aromatic carbocycles. The molecule has 2 aromatic rings. The Hall–Kier alpha value is -3.10. The van der Waals surface area contributed by atoms with E-state index >= 15 is 0 Å². The lowest BCUT2D eigenvalue weighted by Crippen LogP contribution is -2.52. The fourth-order valence-electron chi connectivity index (χ4n) is 6.08. The number of carbonyl (C=O) groups is 4. The number of hydrogen-bond acceptors (Lipinski definition) is 4. The van der Waals surface area contributed by atoms with Gasteiger partial charge in [0, 0.05) is 48.6 Å². The third-order valence-corrected chi connectivity index (χ3v) is 9.03. The monoisotopic (exact) mass is 601 g/mol. The van der Waals surface area contributed by atoms with Crippen molar-refractivity contribution in [2.24, 2.45) is 5.41 Å². The van der Waals surface area contributed by atoms with Crippen molar-refractivity contribution in [2.75, 3.05) is 20.1 Å². The van der Waals surface area contributed by atoms with Crippen molar-refractivity contribution in [3.8, 4) is 0 Å². The SMILES string of the molecule is CN(C(=O)CC[C@@H](NC(=O)c1cc(Cl)cc(Cl)c1)C(=O)N1CCC2(CCCC2)CC1)[C@H](Cc1ccccc1)C(=O)O. The largest absolute Gasteiger partial charge is 0.480 e. The molecule has 0 radical (unpaired) electrons. The highest BCUT2D eigenvalue weighted by atomic mass is 35.5. The van der Waals surface area contributed by atoms with Crippen LogP contribution in [0.3, 0.4) is 0 Å². The normalized spacial score (nSPS) is 17.6. The number of benzene rings is 2. The summed E-state index contributed by atoms with van der Waals surface area (Å²) in [7, 11) is 1.46. The van der Waals surface area contributed by atoms with Crippen LogP contribution in [0.5, 0.6) is 0 Å². The van der Waals surface area contributed by atoms with Crippen LogP contribution in [0.15, 0.2) is 48.5 Å². The molecule has 1 saturated heterocycles. The van der Waals surface area contributed by atoms with Crippen molar-refractivity contribution in [3.63, 3.8) is 0 Å². The van der Waals surface area contributed by atoms with Crippen molar-refractivity contribution < 1.29 is 24.3 Å². The van der Waals surface area contributed by atoms with E-state index in [1.807, 2.05) is 30.3 Å². The number of likely N-dealkylation sites (tertiary alicyclic amines) is 1. The van der Waals surface area contributed by atoms with Gasteiger partial charge in [-0.25, -0.2) is 4.79 Å². The summed E-state index contributed by atoms with van der Waals surface area (Å²) in [6, 6.07) is 11.5. The third-order valence-electron chi connectivity index (χ3n) is 8.59. The maximum absolute atomic E-state index is 13.7. The Kier molecular flexibility index (Phi) is 10.3. The number of nitrogens with one attached hydrogen (secondary N) is 1. The van der Waals surface area contributed by atoms with E-state index in [-0.39, 0.29) is 30.7 Å². The summed E-state index contributed by atoms with van der Waals surface area (Å²) in [6.07, 6.45) is 6.79. The molecule has 2 aliphatic rings. The zero-order valence-electron chi connectivity index (χ0n) is 23.3. The summed E-state index contributed by atoms with van der Waals surface area (Å²) in [4.78, 5) is 55.1. The van der Waals surface area contributed by atoms with Gasteiger partial charge in [-0.05, 0) is 61.3 Å². The standard InChI is InChI=1S/C31H37Cl2N3O5/c1-35(26(30(40)41)17-21-7-3-2-4-8-21)27(37)10-9-25(34-28(38)22-18-23(32)20-24(33)19-22)29(39)36-15-13-31(14-16-36)11-5-6-12-31/h2-4,7-8,18-20,25-26H,5-6,9-17H2,1H3,(H,34,38)(H,40,41)/t25-,26-/m1/s1. The zero-order chi connectivity index (χ0) is 29.6. The first-order chi connectivity index (χ1) is 19.6.